The van der Waals surface area contributed by atoms with Crippen LogP contribution in [-0.2, 0) is 10.0 Å². The first kappa shape index (κ1) is 20.1. The number of hydrogen-bond donors (Lipinski definition) is 1. The molecule has 0 radical (unpaired) electrons. The molecule has 0 fully saturated rings. The van der Waals surface area contributed by atoms with E-state index in [2.05, 4.69) is 27.6 Å². The number of methoxy groups -OCH3 is 1. The highest BCUT2D eigenvalue weighted by molar-refractivity contribution is 9.10. The molecular formula is C19H22BrFN2O3S. The second-order valence-electron chi connectivity index (χ2n) is 6.50. The number of nitrogens with zero attached hydrogens (tertiary/aromatic N) is 1. The van der Waals surface area contributed by atoms with Crippen molar-refractivity contribution >= 4 is 37.3 Å². The van der Waals surface area contributed by atoms with E-state index in [0.29, 0.717) is 22.5 Å². The molecule has 1 aliphatic heterocycles. The fraction of sp³-hybridized carbons (Fsp3) is 0.368. The van der Waals surface area contributed by atoms with E-state index in [1.54, 1.807) is 18.2 Å². The van der Waals surface area contributed by atoms with Crippen molar-refractivity contribution in [3.05, 3.63) is 46.7 Å². The first-order valence-electron chi connectivity index (χ1n) is 8.78. The Labute approximate surface area is 167 Å². The average molecular weight is 457 g/mol. The van der Waals surface area contributed by atoms with Gasteiger partial charge in [-0.2, -0.15) is 0 Å². The van der Waals surface area contributed by atoms with Crippen LogP contribution < -0.4 is 14.4 Å². The van der Waals surface area contributed by atoms with Crippen LogP contribution >= 0.6 is 15.9 Å². The lowest BCUT2D eigenvalue weighted by molar-refractivity contribution is 0.411. The van der Waals surface area contributed by atoms with Gasteiger partial charge in [-0.15, -0.1) is 0 Å². The topological polar surface area (TPSA) is 58.6 Å². The number of halogens is 2. The number of unbranched alkanes of at least 4 members (excludes halogenated alkanes) is 1. The Bertz CT molecular complexity index is 919. The van der Waals surface area contributed by atoms with Gasteiger partial charge >= 0.3 is 0 Å². The van der Waals surface area contributed by atoms with Crippen molar-refractivity contribution in [3.63, 3.8) is 0 Å². The van der Waals surface area contributed by atoms with E-state index in [0.717, 1.165) is 24.9 Å². The van der Waals surface area contributed by atoms with Crippen molar-refractivity contribution in [2.45, 2.75) is 37.1 Å². The lowest BCUT2D eigenvalue weighted by Crippen LogP contribution is -2.39. The average Bonchev–Trinajstić information content (AvgIpc) is 2.74. The SMILES string of the molecule is CCCCC1CN(c2ccc(F)cc2)c2cc(Br)c(OC)cc2S(=O)(=O)N1. The highest BCUT2D eigenvalue weighted by Crippen LogP contribution is 2.40. The summed E-state index contributed by atoms with van der Waals surface area (Å²) in [7, 11) is -2.23. The van der Waals surface area contributed by atoms with E-state index in [1.807, 2.05) is 4.90 Å². The first-order valence-corrected chi connectivity index (χ1v) is 11.1. The van der Waals surface area contributed by atoms with Gasteiger partial charge in [0.1, 0.15) is 16.5 Å². The number of benzene rings is 2. The number of rotatable bonds is 5. The van der Waals surface area contributed by atoms with Gasteiger partial charge < -0.3 is 9.64 Å². The van der Waals surface area contributed by atoms with Crippen molar-refractivity contribution in [1.29, 1.82) is 0 Å². The predicted octanol–water partition coefficient (Wildman–Crippen LogP) is 4.59. The molecule has 1 N–H and O–H groups in total. The van der Waals surface area contributed by atoms with Crippen molar-refractivity contribution in [3.8, 4) is 5.75 Å². The Morgan fingerprint density at radius 2 is 2.00 bits per heavy atom. The molecule has 0 aromatic heterocycles. The Kier molecular flexibility index (Phi) is 6.08. The summed E-state index contributed by atoms with van der Waals surface area (Å²) in [5, 5.41) is 0. The molecule has 2 aromatic carbocycles. The van der Waals surface area contributed by atoms with Crippen LogP contribution in [0.5, 0.6) is 5.75 Å². The Morgan fingerprint density at radius 3 is 2.63 bits per heavy atom. The normalized spacial score (nSPS) is 18.7. The second kappa shape index (κ2) is 8.16. The smallest absolute Gasteiger partial charge is 0.243 e. The van der Waals surface area contributed by atoms with E-state index >= 15 is 0 Å². The molecule has 0 bridgehead atoms. The van der Waals surface area contributed by atoms with Crippen LogP contribution in [-0.4, -0.2) is 28.1 Å². The third-order valence-electron chi connectivity index (χ3n) is 4.58. The Morgan fingerprint density at radius 1 is 1.30 bits per heavy atom. The fourth-order valence-corrected chi connectivity index (χ4v) is 5.17. The minimum atomic E-state index is -3.72. The summed E-state index contributed by atoms with van der Waals surface area (Å²) < 4.78 is 48.2. The largest absolute Gasteiger partial charge is 0.496 e. The maximum absolute atomic E-state index is 13.4. The summed E-state index contributed by atoms with van der Waals surface area (Å²) >= 11 is 3.44. The number of fused-ring (bicyclic) bond motifs is 1. The monoisotopic (exact) mass is 456 g/mol. The van der Waals surface area contributed by atoms with Gasteiger partial charge in [0.25, 0.3) is 0 Å². The molecule has 0 aliphatic carbocycles. The number of hydrogen-bond acceptors (Lipinski definition) is 4. The number of nitrogens with one attached hydrogen (secondary N) is 1. The van der Waals surface area contributed by atoms with Gasteiger partial charge in [0.15, 0.2) is 0 Å². The summed E-state index contributed by atoms with van der Waals surface area (Å²) in [4.78, 5) is 2.06. The maximum Gasteiger partial charge on any atom is 0.243 e. The zero-order valence-electron chi connectivity index (χ0n) is 15.2. The molecule has 1 aliphatic rings. The van der Waals surface area contributed by atoms with Crippen molar-refractivity contribution in [2.24, 2.45) is 0 Å². The summed E-state index contributed by atoms with van der Waals surface area (Å²) in [6.07, 6.45) is 2.61. The first-order chi connectivity index (χ1) is 12.9. The molecule has 0 saturated carbocycles. The molecule has 0 saturated heterocycles. The summed E-state index contributed by atoms with van der Waals surface area (Å²) in [6.45, 7) is 2.52. The molecular weight excluding hydrogens is 435 g/mol. The van der Waals surface area contributed by atoms with Crippen LogP contribution in [0.1, 0.15) is 26.2 Å². The van der Waals surface area contributed by atoms with E-state index in [1.165, 1.54) is 25.3 Å². The molecule has 0 amide bonds. The summed E-state index contributed by atoms with van der Waals surface area (Å²) in [6, 6.07) is 9.07. The standard InChI is InChI=1S/C19H22BrFN2O3S/c1-3-4-5-14-12-23(15-8-6-13(21)7-9-15)17-10-16(20)18(26-2)11-19(17)27(24,25)22-14/h6-11,14,22H,3-5,12H2,1-2H3. The van der Waals surface area contributed by atoms with Gasteiger partial charge in [0.05, 0.1) is 17.3 Å². The molecule has 1 unspecified atom stereocenters. The van der Waals surface area contributed by atoms with Crippen LogP contribution in [0, 0.1) is 5.82 Å². The van der Waals surface area contributed by atoms with Gasteiger partial charge in [-0.05, 0) is 52.7 Å². The quantitative estimate of drug-likeness (QED) is 0.714. The van der Waals surface area contributed by atoms with Crippen molar-refractivity contribution in [1.82, 2.24) is 4.72 Å². The summed E-state index contributed by atoms with van der Waals surface area (Å²) in [5.41, 5.74) is 1.26. The van der Waals surface area contributed by atoms with Gasteiger partial charge in [-0.3, -0.25) is 0 Å². The minimum absolute atomic E-state index is 0.144. The highest BCUT2D eigenvalue weighted by Gasteiger charge is 2.32. The van der Waals surface area contributed by atoms with Crippen LogP contribution in [0.25, 0.3) is 0 Å². The Hall–Kier alpha value is -1.64. The number of sulfonamides is 1. The zero-order chi connectivity index (χ0) is 19.6. The molecule has 8 heteroatoms. The van der Waals surface area contributed by atoms with Gasteiger partial charge in [0.2, 0.25) is 10.0 Å². The molecule has 1 heterocycles. The van der Waals surface area contributed by atoms with Gasteiger partial charge in [-0.25, -0.2) is 17.5 Å². The molecule has 5 nitrogen and oxygen atoms in total. The Balaban J connectivity index is 2.17. The number of anilines is 2. The van der Waals surface area contributed by atoms with Gasteiger partial charge in [-0.1, -0.05) is 19.8 Å². The molecule has 0 spiro atoms. The minimum Gasteiger partial charge on any atom is -0.496 e. The van der Waals surface area contributed by atoms with Gasteiger partial charge in [0, 0.05) is 24.3 Å². The van der Waals surface area contributed by atoms with Crippen molar-refractivity contribution in [2.75, 3.05) is 18.6 Å². The third-order valence-corrected chi connectivity index (χ3v) is 6.75. The molecule has 27 heavy (non-hydrogen) atoms. The van der Waals surface area contributed by atoms with E-state index in [-0.39, 0.29) is 16.8 Å². The van der Waals surface area contributed by atoms with Crippen LogP contribution in [0.2, 0.25) is 0 Å². The molecule has 1 atom stereocenters. The number of ether oxygens (including phenoxy) is 1. The van der Waals surface area contributed by atoms with Crippen LogP contribution in [0.15, 0.2) is 45.8 Å². The van der Waals surface area contributed by atoms with Crippen molar-refractivity contribution < 1.29 is 17.5 Å². The second-order valence-corrected chi connectivity index (χ2v) is 9.04. The van der Waals surface area contributed by atoms with Crippen LogP contribution in [0.3, 0.4) is 0 Å². The lowest BCUT2D eigenvalue weighted by Gasteiger charge is -2.27. The third kappa shape index (κ3) is 4.28. The predicted molar refractivity (Wildman–Crippen MR) is 108 cm³/mol. The van der Waals surface area contributed by atoms with E-state index in [4.69, 9.17) is 4.74 Å². The highest BCUT2D eigenvalue weighted by atomic mass is 79.9. The van der Waals surface area contributed by atoms with E-state index in [9.17, 15) is 12.8 Å². The lowest BCUT2D eigenvalue weighted by atomic mass is 10.1. The maximum atomic E-state index is 13.4. The van der Waals surface area contributed by atoms with Crippen LogP contribution in [0.4, 0.5) is 15.8 Å². The molecule has 2 aromatic rings. The zero-order valence-corrected chi connectivity index (χ0v) is 17.6. The van der Waals surface area contributed by atoms with E-state index < -0.39 is 10.0 Å². The summed E-state index contributed by atoms with van der Waals surface area (Å²) in [5.74, 6) is 0.100. The molecule has 3 rings (SSSR count). The molecule has 146 valence electrons. The fourth-order valence-electron chi connectivity index (χ4n) is 3.21.